The molecule has 3 heterocycles. The Hall–Kier alpha value is -3.03. The van der Waals surface area contributed by atoms with Crippen LogP contribution in [0, 0.1) is 0 Å². The second-order valence-electron chi connectivity index (χ2n) is 9.59. The van der Waals surface area contributed by atoms with Crippen molar-refractivity contribution in [1.29, 1.82) is 0 Å². The van der Waals surface area contributed by atoms with Crippen molar-refractivity contribution in [1.82, 2.24) is 19.6 Å². The molecule has 14 heteroatoms. The SMILES string of the molecule is O=C1SC(=Cc2ccc3c(cnn3Cc3ccc(Cl)cc3C(F)(F)F)c2)C(=O)N1C1CCN(CC(F)(F)F)CC1. The summed E-state index contributed by atoms with van der Waals surface area (Å²) >= 11 is 6.53. The zero-order valence-electron chi connectivity index (χ0n) is 20.6. The molecule has 0 N–H and O–H groups in total. The van der Waals surface area contributed by atoms with Crippen LogP contribution in [-0.4, -0.2) is 62.6 Å². The van der Waals surface area contributed by atoms with Gasteiger partial charge in [0.1, 0.15) is 0 Å². The number of hydrogen-bond acceptors (Lipinski definition) is 5. The van der Waals surface area contributed by atoms with Crippen LogP contribution >= 0.6 is 23.4 Å². The van der Waals surface area contributed by atoms with E-state index in [1.165, 1.54) is 27.9 Å². The van der Waals surface area contributed by atoms with Crippen molar-refractivity contribution in [2.45, 2.75) is 37.8 Å². The van der Waals surface area contributed by atoms with E-state index in [-0.39, 0.29) is 48.0 Å². The van der Waals surface area contributed by atoms with Gasteiger partial charge in [-0.15, -0.1) is 0 Å². The normalized spacial score (nSPS) is 19.0. The summed E-state index contributed by atoms with van der Waals surface area (Å²) in [5.74, 6) is -0.498. The largest absolute Gasteiger partial charge is 0.416 e. The summed E-state index contributed by atoms with van der Waals surface area (Å²) < 4.78 is 79.9. The molecule has 5 rings (SSSR count). The number of piperidine rings is 1. The number of alkyl halides is 6. The van der Waals surface area contributed by atoms with Gasteiger partial charge in [0, 0.05) is 29.5 Å². The van der Waals surface area contributed by atoms with Gasteiger partial charge in [-0.3, -0.25) is 24.1 Å². The van der Waals surface area contributed by atoms with E-state index in [0.717, 1.165) is 22.7 Å². The third-order valence-electron chi connectivity index (χ3n) is 6.81. The number of benzene rings is 2. The van der Waals surface area contributed by atoms with Crippen LogP contribution in [0.4, 0.5) is 31.1 Å². The highest BCUT2D eigenvalue weighted by Gasteiger charge is 2.42. The van der Waals surface area contributed by atoms with E-state index in [2.05, 4.69) is 5.10 Å². The van der Waals surface area contributed by atoms with Crippen molar-refractivity contribution in [3.8, 4) is 0 Å². The van der Waals surface area contributed by atoms with Crippen molar-refractivity contribution in [3.63, 3.8) is 0 Å². The molecule has 0 aliphatic carbocycles. The lowest BCUT2D eigenvalue weighted by atomic mass is 10.0. The van der Waals surface area contributed by atoms with E-state index >= 15 is 0 Å². The average molecular weight is 603 g/mol. The molecule has 2 aliphatic rings. The third kappa shape index (κ3) is 6.16. The van der Waals surface area contributed by atoms with Crippen molar-refractivity contribution in [3.05, 3.63) is 69.2 Å². The summed E-state index contributed by atoms with van der Waals surface area (Å²) in [5, 5.41) is 4.35. The summed E-state index contributed by atoms with van der Waals surface area (Å²) in [6.07, 6.45) is -5.33. The van der Waals surface area contributed by atoms with Crippen LogP contribution in [-0.2, 0) is 17.5 Å². The fourth-order valence-corrected chi connectivity index (χ4v) is 6.04. The molecule has 2 fully saturated rings. The first-order valence-corrected chi connectivity index (χ1v) is 13.4. The van der Waals surface area contributed by atoms with Crippen LogP contribution in [0.1, 0.15) is 29.5 Å². The molecule has 2 saturated heterocycles. The van der Waals surface area contributed by atoms with Crippen molar-refractivity contribution < 1.29 is 35.9 Å². The Morgan fingerprint density at radius 3 is 2.42 bits per heavy atom. The summed E-state index contributed by atoms with van der Waals surface area (Å²) in [6, 6.07) is 8.12. The molecule has 0 atom stereocenters. The molecular weight excluding hydrogens is 582 g/mol. The summed E-state index contributed by atoms with van der Waals surface area (Å²) in [7, 11) is 0. The molecule has 2 amide bonds. The Bertz CT molecular complexity index is 1490. The number of hydrogen-bond donors (Lipinski definition) is 0. The zero-order valence-corrected chi connectivity index (χ0v) is 22.2. The number of aromatic nitrogens is 2. The summed E-state index contributed by atoms with van der Waals surface area (Å²) in [6.45, 7) is -0.905. The fraction of sp³-hybridized carbons (Fsp3) is 0.346. The van der Waals surface area contributed by atoms with E-state index in [1.54, 1.807) is 24.3 Å². The van der Waals surface area contributed by atoms with Crippen LogP contribution < -0.4 is 0 Å². The van der Waals surface area contributed by atoms with E-state index in [9.17, 15) is 35.9 Å². The zero-order chi connectivity index (χ0) is 28.8. The van der Waals surface area contributed by atoms with Gasteiger partial charge < -0.3 is 0 Å². The highest BCUT2D eigenvalue weighted by atomic mass is 35.5. The Morgan fingerprint density at radius 1 is 1.02 bits per heavy atom. The van der Waals surface area contributed by atoms with Gasteiger partial charge >= 0.3 is 12.4 Å². The minimum atomic E-state index is -4.58. The Kier molecular flexibility index (Phi) is 7.66. The van der Waals surface area contributed by atoms with E-state index in [1.807, 2.05) is 0 Å². The molecule has 3 aromatic rings. The third-order valence-corrected chi connectivity index (χ3v) is 7.93. The highest BCUT2D eigenvalue weighted by Crippen LogP contribution is 2.37. The number of carbonyl (C=O) groups excluding carboxylic acids is 2. The molecule has 212 valence electrons. The molecule has 0 radical (unpaired) electrons. The van der Waals surface area contributed by atoms with Gasteiger partial charge in [0.25, 0.3) is 11.1 Å². The van der Waals surface area contributed by atoms with Crippen LogP contribution in [0.2, 0.25) is 5.02 Å². The standard InChI is InChI=1S/C26H21ClF6N4O2S/c27-18-3-2-16(20(11-18)26(31,32)33)13-36-21-4-1-15(9-17(21)12-34-36)10-22-23(38)37(24(39)40-22)19-5-7-35(8-6-19)14-25(28,29)30/h1-4,9-12,19H,5-8,13-14H2. The predicted molar refractivity (Wildman–Crippen MR) is 139 cm³/mol. The molecule has 40 heavy (non-hydrogen) atoms. The van der Waals surface area contributed by atoms with E-state index in [0.29, 0.717) is 16.5 Å². The second kappa shape index (κ2) is 10.7. The second-order valence-corrected chi connectivity index (χ2v) is 11.0. The molecular formula is C26H21ClF6N4O2S. The smallest absolute Gasteiger partial charge is 0.295 e. The predicted octanol–water partition coefficient (Wildman–Crippen LogP) is 6.82. The van der Waals surface area contributed by atoms with E-state index in [4.69, 9.17) is 11.6 Å². The maximum atomic E-state index is 13.5. The maximum absolute atomic E-state index is 13.5. The molecule has 0 bridgehead atoms. The average Bonchev–Trinajstić information content (AvgIpc) is 3.38. The Labute approximate surface area is 233 Å². The lowest BCUT2D eigenvalue weighted by Gasteiger charge is -2.35. The molecule has 2 aliphatic heterocycles. The number of amides is 2. The molecule has 0 spiro atoms. The minimum absolute atomic E-state index is 0.00360. The van der Waals surface area contributed by atoms with Gasteiger partial charge in [0.05, 0.1) is 35.3 Å². The molecule has 0 saturated carbocycles. The molecule has 0 unspecified atom stereocenters. The fourth-order valence-electron chi connectivity index (χ4n) is 4.97. The van der Waals surface area contributed by atoms with Gasteiger partial charge in [0.15, 0.2) is 0 Å². The van der Waals surface area contributed by atoms with Gasteiger partial charge in [-0.2, -0.15) is 31.4 Å². The lowest BCUT2D eigenvalue weighted by Crippen LogP contribution is -2.48. The Morgan fingerprint density at radius 2 is 1.75 bits per heavy atom. The number of likely N-dealkylation sites (tertiary alicyclic amines) is 1. The van der Waals surface area contributed by atoms with Gasteiger partial charge in [-0.25, -0.2) is 0 Å². The lowest BCUT2D eigenvalue weighted by molar-refractivity contribution is -0.149. The highest BCUT2D eigenvalue weighted by molar-refractivity contribution is 8.18. The summed E-state index contributed by atoms with van der Waals surface area (Å²) in [5.41, 5.74) is 0.310. The topological polar surface area (TPSA) is 58.4 Å². The molecule has 2 aromatic carbocycles. The van der Waals surface area contributed by atoms with Gasteiger partial charge in [-0.05, 0) is 66.1 Å². The number of rotatable bonds is 5. The minimum Gasteiger partial charge on any atom is -0.295 e. The Balaban J connectivity index is 1.31. The number of imide groups is 1. The number of nitrogens with zero attached hydrogens (tertiary/aromatic N) is 4. The number of fused-ring (bicyclic) bond motifs is 1. The first kappa shape index (κ1) is 28.5. The van der Waals surface area contributed by atoms with Crippen molar-refractivity contribution >= 4 is 51.5 Å². The molecule has 6 nitrogen and oxygen atoms in total. The first-order valence-electron chi connectivity index (χ1n) is 12.2. The number of thioether (sulfide) groups is 1. The van der Waals surface area contributed by atoms with Crippen LogP contribution in [0.3, 0.4) is 0 Å². The first-order chi connectivity index (χ1) is 18.8. The summed E-state index contributed by atoms with van der Waals surface area (Å²) in [4.78, 5) is 28.3. The number of halogens is 7. The number of carbonyl (C=O) groups is 2. The van der Waals surface area contributed by atoms with E-state index < -0.39 is 41.6 Å². The van der Waals surface area contributed by atoms with Crippen LogP contribution in [0.15, 0.2) is 47.5 Å². The van der Waals surface area contributed by atoms with Gasteiger partial charge in [-0.1, -0.05) is 23.7 Å². The van der Waals surface area contributed by atoms with Crippen molar-refractivity contribution in [2.75, 3.05) is 19.6 Å². The van der Waals surface area contributed by atoms with Crippen LogP contribution in [0.25, 0.3) is 17.0 Å². The monoisotopic (exact) mass is 602 g/mol. The van der Waals surface area contributed by atoms with Crippen molar-refractivity contribution in [2.24, 2.45) is 0 Å². The molecule has 1 aromatic heterocycles. The van der Waals surface area contributed by atoms with Crippen LogP contribution in [0.5, 0.6) is 0 Å². The quantitative estimate of drug-likeness (QED) is 0.237. The maximum Gasteiger partial charge on any atom is 0.416 e. The van der Waals surface area contributed by atoms with Gasteiger partial charge in [0.2, 0.25) is 0 Å².